The summed E-state index contributed by atoms with van der Waals surface area (Å²) in [5.74, 6) is -0.143. The van der Waals surface area contributed by atoms with Gasteiger partial charge in [0.05, 0.1) is 39.9 Å². The summed E-state index contributed by atoms with van der Waals surface area (Å²) in [6.45, 7) is 4.80. The molecule has 9 heteroatoms. The molecule has 74 heavy (non-hydrogen) atoms. The van der Waals surface area contributed by atoms with Gasteiger partial charge in [0, 0.05) is 6.42 Å². The third-order valence-corrected chi connectivity index (χ3v) is 15.0. The zero-order valence-corrected chi connectivity index (χ0v) is 50.2. The SMILES string of the molecule is CC/C=C\C/C=C\C/C=C\C/C=C\C/C=C\C/C=C\CCCCCCCCCCCCCCCCCCC(=O)NC(COP(=O)(O)OCC[N+](C)(C)C)C(O)CCCCCCCCCCCCCCCCCCC. The highest BCUT2D eigenvalue weighted by Gasteiger charge is 2.28. The van der Waals surface area contributed by atoms with Crippen LogP contribution in [0.5, 0.6) is 0 Å². The molecule has 3 unspecified atom stereocenters. The van der Waals surface area contributed by atoms with Gasteiger partial charge in [-0.15, -0.1) is 0 Å². The van der Waals surface area contributed by atoms with E-state index < -0.39 is 20.0 Å². The van der Waals surface area contributed by atoms with Crippen LogP contribution >= 0.6 is 7.82 Å². The van der Waals surface area contributed by atoms with Crippen molar-refractivity contribution >= 4 is 13.7 Å². The Kier molecular flexibility index (Phi) is 54.1. The molecule has 0 rings (SSSR count). The van der Waals surface area contributed by atoms with Gasteiger partial charge in [-0.05, 0) is 64.2 Å². The van der Waals surface area contributed by atoms with Crippen LogP contribution in [0.1, 0.15) is 284 Å². The maximum Gasteiger partial charge on any atom is 0.472 e. The van der Waals surface area contributed by atoms with Crippen LogP contribution in [0, 0.1) is 0 Å². The summed E-state index contributed by atoms with van der Waals surface area (Å²) in [6, 6.07) is -0.763. The van der Waals surface area contributed by atoms with Crippen molar-refractivity contribution < 1.29 is 32.9 Å². The molecule has 0 saturated carbocycles. The van der Waals surface area contributed by atoms with Crippen molar-refractivity contribution in [1.82, 2.24) is 5.32 Å². The molecule has 1 amide bonds. The number of carbonyl (C=O) groups excluding carboxylic acids is 1. The number of phosphoric ester groups is 1. The number of likely N-dealkylation sites (N-methyl/N-ethyl adjacent to an activating group) is 1. The van der Waals surface area contributed by atoms with Crippen molar-refractivity contribution in [3.63, 3.8) is 0 Å². The number of phosphoric acid groups is 1. The lowest BCUT2D eigenvalue weighted by Crippen LogP contribution is -2.46. The smallest absolute Gasteiger partial charge is 0.391 e. The van der Waals surface area contributed by atoms with E-state index in [0.29, 0.717) is 23.9 Å². The molecule has 0 aliphatic heterocycles. The first-order valence-corrected chi connectivity index (χ1v) is 32.8. The second-order valence-corrected chi connectivity index (χ2v) is 23.9. The number of rotatable bonds is 57. The standard InChI is InChI=1S/C65H121N2O6P/c1-6-8-10-12-14-16-18-20-22-24-25-26-27-28-29-30-31-32-33-34-35-36-37-38-39-40-41-43-45-47-49-51-53-55-57-59-65(69)66-63(62-73-74(70,71)72-61-60-67(3,4)5)64(68)58-56-54-52-50-48-46-44-42-23-21-19-17-15-13-11-9-7-2/h8,10,14,16,20,22,25-26,28-29,31-32,63-64,68H,6-7,9,11-13,15,17-19,21,23-24,27,30,33-62H2,1-5H3,(H-,66,69,70,71)/p+1/b10-8-,16-14-,22-20-,26-25-,29-28-,32-31-. The van der Waals surface area contributed by atoms with E-state index in [4.69, 9.17) is 9.05 Å². The molecular formula is C65H122N2O6P+. The Bertz CT molecular complexity index is 1430. The Morgan fingerprint density at radius 1 is 0.473 bits per heavy atom. The molecular weight excluding hydrogens is 936 g/mol. The minimum absolute atomic E-state index is 0.0740. The molecule has 0 aromatic heterocycles. The van der Waals surface area contributed by atoms with Crippen LogP contribution in [0.25, 0.3) is 0 Å². The fourth-order valence-electron chi connectivity index (χ4n) is 9.11. The second-order valence-electron chi connectivity index (χ2n) is 22.4. The van der Waals surface area contributed by atoms with Gasteiger partial charge in [-0.3, -0.25) is 13.8 Å². The normalized spacial score (nSPS) is 14.3. The van der Waals surface area contributed by atoms with Crippen molar-refractivity contribution in [1.29, 1.82) is 0 Å². The molecule has 8 nitrogen and oxygen atoms in total. The summed E-state index contributed by atoms with van der Waals surface area (Å²) in [7, 11) is 1.62. The number of unbranched alkanes of at least 4 members (excludes halogenated alkanes) is 32. The molecule has 0 radical (unpaired) electrons. The van der Waals surface area contributed by atoms with E-state index >= 15 is 0 Å². The third-order valence-electron chi connectivity index (χ3n) is 14.0. The Labute approximate surface area is 459 Å². The lowest BCUT2D eigenvalue weighted by Gasteiger charge is -2.26. The third kappa shape index (κ3) is 57.6. The van der Waals surface area contributed by atoms with E-state index in [1.54, 1.807) is 0 Å². The number of carbonyl (C=O) groups is 1. The van der Waals surface area contributed by atoms with E-state index in [9.17, 15) is 19.4 Å². The quantitative estimate of drug-likeness (QED) is 0.0243. The minimum atomic E-state index is -4.33. The molecule has 0 aliphatic carbocycles. The van der Waals surface area contributed by atoms with Gasteiger partial charge < -0.3 is 19.8 Å². The molecule has 3 N–H and O–H groups in total. The zero-order valence-electron chi connectivity index (χ0n) is 49.3. The number of nitrogens with one attached hydrogen (secondary N) is 1. The summed E-state index contributed by atoms with van der Waals surface area (Å²) in [5, 5.41) is 14.1. The largest absolute Gasteiger partial charge is 0.472 e. The summed E-state index contributed by atoms with van der Waals surface area (Å²) in [4.78, 5) is 23.4. The Hall–Kier alpha value is -2.06. The molecule has 0 aromatic carbocycles. The topological polar surface area (TPSA) is 105 Å². The van der Waals surface area contributed by atoms with E-state index in [-0.39, 0.29) is 19.1 Å². The first-order valence-electron chi connectivity index (χ1n) is 31.3. The summed E-state index contributed by atoms with van der Waals surface area (Å²) in [5.41, 5.74) is 0. The molecule has 0 bridgehead atoms. The lowest BCUT2D eigenvalue weighted by atomic mass is 10.0. The van der Waals surface area contributed by atoms with Gasteiger partial charge in [-0.25, -0.2) is 4.57 Å². The van der Waals surface area contributed by atoms with Crippen molar-refractivity contribution in [3.05, 3.63) is 72.9 Å². The van der Waals surface area contributed by atoms with Gasteiger partial charge in [0.2, 0.25) is 5.91 Å². The number of aliphatic hydroxyl groups excluding tert-OH is 1. The molecule has 0 heterocycles. The minimum Gasteiger partial charge on any atom is -0.391 e. The van der Waals surface area contributed by atoms with Gasteiger partial charge in [-0.2, -0.15) is 0 Å². The Morgan fingerprint density at radius 2 is 0.811 bits per heavy atom. The van der Waals surface area contributed by atoms with Gasteiger partial charge in [0.1, 0.15) is 13.2 Å². The first-order chi connectivity index (χ1) is 36.0. The van der Waals surface area contributed by atoms with Gasteiger partial charge in [0.15, 0.2) is 0 Å². The zero-order chi connectivity index (χ0) is 54.2. The number of quaternary nitrogens is 1. The lowest BCUT2D eigenvalue weighted by molar-refractivity contribution is -0.870. The number of aliphatic hydroxyl groups is 1. The van der Waals surface area contributed by atoms with Crippen LogP contribution in [0.2, 0.25) is 0 Å². The monoisotopic (exact) mass is 1060 g/mol. The summed E-state index contributed by atoms with van der Waals surface area (Å²) in [6.07, 6.45) is 76.9. The predicted octanol–water partition coefficient (Wildman–Crippen LogP) is 19.4. The van der Waals surface area contributed by atoms with E-state index in [0.717, 1.165) is 77.0 Å². The van der Waals surface area contributed by atoms with Crippen LogP contribution in [0.4, 0.5) is 0 Å². The van der Waals surface area contributed by atoms with E-state index in [1.165, 1.54) is 180 Å². The van der Waals surface area contributed by atoms with Gasteiger partial charge in [0.25, 0.3) is 0 Å². The maximum absolute atomic E-state index is 13.0. The van der Waals surface area contributed by atoms with Crippen molar-refractivity contribution in [2.45, 2.75) is 296 Å². The molecule has 0 saturated heterocycles. The van der Waals surface area contributed by atoms with Crippen LogP contribution in [0.15, 0.2) is 72.9 Å². The molecule has 432 valence electrons. The highest BCUT2D eigenvalue weighted by Crippen LogP contribution is 2.43. The fourth-order valence-corrected chi connectivity index (χ4v) is 9.85. The van der Waals surface area contributed by atoms with Crippen LogP contribution in [0.3, 0.4) is 0 Å². The highest BCUT2D eigenvalue weighted by atomic mass is 31.2. The van der Waals surface area contributed by atoms with Gasteiger partial charge >= 0.3 is 7.82 Å². The van der Waals surface area contributed by atoms with Gasteiger partial charge in [-0.1, -0.05) is 286 Å². The maximum atomic E-state index is 13.0. The molecule has 0 aliphatic rings. The number of hydrogen-bond donors (Lipinski definition) is 3. The number of amides is 1. The first kappa shape index (κ1) is 71.9. The second kappa shape index (κ2) is 55.7. The molecule has 3 atom stereocenters. The van der Waals surface area contributed by atoms with Crippen LogP contribution in [-0.4, -0.2) is 73.4 Å². The molecule has 0 spiro atoms. The fraction of sp³-hybridized carbons (Fsp3) is 0.800. The number of nitrogens with zero attached hydrogens (tertiary/aromatic N) is 1. The van der Waals surface area contributed by atoms with Crippen LogP contribution < -0.4 is 5.32 Å². The summed E-state index contributed by atoms with van der Waals surface area (Å²) < 4.78 is 23.8. The predicted molar refractivity (Wildman–Crippen MR) is 323 cm³/mol. The Morgan fingerprint density at radius 3 is 1.19 bits per heavy atom. The van der Waals surface area contributed by atoms with E-state index in [1.807, 2.05) is 21.1 Å². The van der Waals surface area contributed by atoms with Crippen molar-refractivity contribution in [3.8, 4) is 0 Å². The van der Waals surface area contributed by atoms with E-state index in [2.05, 4.69) is 92.1 Å². The Balaban J connectivity index is 4.03. The van der Waals surface area contributed by atoms with Crippen molar-refractivity contribution in [2.24, 2.45) is 0 Å². The number of allylic oxidation sites excluding steroid dienone is 12. The molecule has 0 aromatic rings. The van der Waals surface area contributed by atoms with Crippen LogP contribution in [-0.2, 0) is 18.4 Å². The average molecular weight is 1060 g/mol. The van der Waals surface area contributed by atoms with Crippen molar-refractivity contribution in [2.75, 3.05) is 40.9 Å². The number of hydrogen-bond acceptors (Lipinski definition) is 5. The highest BCUT2D eigenvalue weighted by molar-refractivity contribution is 7.47. The molecule has 0 fully saturated rings. The average Bonchev–Trinajstić information content (AvgIpc) is 3.36. The summed E-state index contributed by atoms with van der Waals surface area (Å²) >= 11 is 0.